The van der Waals surface area contributed by atoms with Crippen molar-refractivity contribution in [2.75, 3.05) is 5.32 Å². The standard InChI is InChI=1S/C15H26N4O2/c1-10(2)12-13(19(20)21)14(18(5)17-12)16-11-8-6-7-9-15(11,3)4/h10-11,16H,6-9H2,1-5H3. The molecule has 118 valence electrons. The van der Waals surface area contributed by atoms with Crippen molar-refractivity contribution in [1.29, 1.82) is 0 Å². The van der Waals surface area contributed by atoms with Crippen molar-refractivity contribution in [2.45, 2.75) is 65.3 Å². The van der Waals surface area contributed by atoms with Crippen LogP contribution in [0, 0.1) is 15.5 Å². The molecule has 1 aromatic heterocycles. The molecule has 1 heterocycles. The van der Waals surface area contributed by atoms with Gasteiger partial charge in [0.05, 0.1) is 4.92 Å². The van der Waals surface area contributed by atoms with Crippen LogP contribution < -0.4 is 5.32 Å². The first-order valence-corrected chi connectivity index (χ1v) is 7.72. The average molecular weight is 294 g/mol. The van der Waals surface area contributed by atoms with E-state index in [1.807, 2.05) is 13.8 Å². The third-order valence-corrected chi connectivity index (χ3v) is 4.60. The molecular formula is C15H26N4O2. The summed E-state index contributed by atoms with van der Waals surface area (Å²) in [5.41, 5.74) is 0.835. The van der Waals surface area contributed by atoms with Crippen molar-refractivity contribution in [3.05, 3.63) is 15.8 Å². The van der Waals surface area contributed by atoms with Crippen LogP contribution >= 0.6 is 0 Å². The van der Waals surface area contributed by atoms with E-state index in [9.17, 15) is 10.1 Å². The number of anilines is 1. The van der Waals surface area contributed by atoms with Gasteiger partial charge in [0.1, 0.15) is 5.69 Å². The Morgan fingerprint density at radius 3 is 2.62 bits per heavy atom. The molecule has 1 unspecified atom stereocenters. The van der Waals surface area contributed by atoms with Gasteiger partial charge in [0.15, 0.2) is 0 Å². The van der Waals surface area contributed by atoms with Gasteiger partial charge < -0.3 is 5.32 Å². The molecule has 1 aliphatic carbocycles. The Morgan fingerprint density at radius 1 is 1.43 bits per heavy atom. The summed E-state index contributed by atoms with van der Waals surface area (Å²) in [7, 11) is 1.77. The summed E-state index contributed by atoms with van der Waals surface area (Å²) in [4.78, 5) is 11.2. The lowest BCUT2D eigenvalue weighted by Crippen LogP contribution is -2.39. The molecule has 6 nitrogen and oxygen atoms in total. The fraction of sp³-hybridized carbons (Fsp3) is 0.800. The minimum absolute atomic E-state index is 0.0338. The zero-order valence-electron chi connectivity index (χ0n) is 13.6. The van der Waals surface area contributed by atoms with E-state index in [1.54, 1.807) is 11.7 Å². The Morgan fingerprint density at radius 2 is 2.10 bits per heavy atom. The van der Waals surface area contributed by atoms with Gasteiger partial charge in [-0.05, 0) is 18.3 Å². The number of hydrogen-bond acceptors (Lipinski definition) is 4. The van der Waals surface area contributed by atoms with Crippen molar-refractivity contribution >= 4 is 11.5 Å². The highest BCUT2D eigenvalue weighted by Gasteiger charge is 2.36. The quantitative estimate of drug-likeness (QED) is 0.676. The van der Waals surface area contributed by atoms with Crippen LogP contribution in [-0.2, 0) is 7.05 Å². The third-order valence-electron chi connectivity index (χ3n) is 4.60. The first-order valence-electron chi connectivity index (χ1n) is 7.72. The molecule has 1 saturated carbocycles. The van der Waals surface area contributed by atoms with Gasteiger partial charge in [-0.3, -0.25) is 10.1 Å². The van der Waals surface area contributed by atoms with E-state index in [0.29, 0.717) is 11.5 Å². The lowest BCUT2D eigenvalue weighted by atomic mass is 9.73. The average Bonchev–Trinajstić information content (AvgIpc) is 2.69. The number of hydrogen-bond donors (Lipinski definition) is 1. The molecule has 1 aliphatic rings. The van der Waals surface area contributed by atoms with Gasteiger partial charge in [0, 0.05) is 19.0 Å². The zero-order chi connectivity index (χ0) is 15.8. The van der Waals surface area contributed by atoms with Crippen LogP contribution in [0.2, 0.25) is 0 Å². The van der Waals surface area contributed by atoms with Crippen molar-refractivity contribution in [1.82, 2.24) is 9.78 Å². The predicted octanol–water partition coefficient (Wildman–Crippen LogP) is 3.83. The third kappa shape index (κ3) is 3.04. The summed E-state index contributed by atoms with van der Waals surface area (Å²) < 4.78 is 1.62. The molecule has 0 aliphatic heterocycles. The highest BCUT2D eigenvalue weighted by atomic mass is 16.6. The van der Waals surface area contributed by atoms with E-state index in [1.165, 1.54) is 12.8 Å². The predicted molar refractivity (Wildman–Crippen MR) is 83.6 cm³/mol. The molecule has 0 saturated heterocycles. The van der Waals surface area contributed by atoms with E-state index in [0.717, 1.165) is 12.8 Å². The molecule has 0 radical (unpaired) electrons. The Labute approximate surface area is 126 Å². The van der Waals surface area contributed by atoms with Crippen LogP contribution in [0.1, 0.15) is 65.0 Å². The first kappa shape index (κ1) is 15.8. The summed E-state index contributed by atoms with van der Waals surface area (Å²) in [5, 5.41) is 19.3. The van der Waals surface area contributed by atoms with Crippen LogP contribution in [0.3, 0.4) is 0 Å². The van der Waals surface area contributed by atoms with Crippen LogP contribution in [0.5, 0.6) is 0 Å². The van der Waals surface area contributed by atoms with Gasteiger partial charge >= 0.3 is 5.69 Å². The normalized spacial score (nSPS) is 21.5. The van der Waals surface area contributed by atoms with Gasteiger partial charge in [0.25, 0.3) is 0 Å². The Kier molecular flexibility index (Phi) is 4.25. The van der Waals surface area contributed by atoms with E-state index < -0.39 is 0 Å². The van der Waals surface area contributed by atoms with Gasteiger partial charge in [-0.25, -0.2) is 4.68 Å². The van der Waals surface area contributed by atoms with Gasteiger partial charge in [-0.15, -0.1) is 0 Å². The lowest BCUT2D eigenvalue weighted by molar-refractivity contribution is -0.384. The van der Waals surface area contributed by atoms with Gasteiger partial charge in [0.2, 0.25) is 5.82 Å². The minimum atomic E-state index is -0.305. The van der Waals surface area contributed by atoms with Crippen LogP contribution in [0.25, 0.3) is 0 Å². The summed E-state index contributed by atoms with van der Waals surface area (Å²) in [6.07, 6.45) is 4.60. The second-order valence-corrected chi connectivity index (χ2v) is 7.05. The highest BCUT2D eigenvalue weighted by Crippen LogP contribution is 2.40. The number of nitro groups is 1. The molecular weight excluding hydrogens is 268 g/mol. The zero-order valence-corrected chi connectivity index (χ0v) is 13.6. The van der Waals surface area contributed by atoms with Gasteiger partial charge in [-0.1, -0.05) is 40.5 Å². The van der Waals surface area contributed by atoms with Crippen molar-refractivity contribution in [3.8, 4) is 0 Å². The van der Waals surface area contributed by atoms with Crippen molar-refractivity contribution < 1.29 is 4.92 Å². The maximum Gasteiger partial charge on any atom is 0.334 e. The maximum atomic E-state index is 11.5. The van der Waals surface area contributed by atoms with Crippen molar-refractivity contribution in [3.63, 3.8) is 0 Å². The summed E-state index contributed by atoms with van der Waals surface area (Å²) in [6.45, 7) is 8.33. The topological polar surface area (TPSA) is 73.0 Å². The van der Waals surface area contributed by atoms with Crippen molar-refractivity contribution in [2.24, 2.45) is 12.5 Å². The summed E-state index contributed by atoms with van der Waals surface area (Å²) in [6, 6.07) is 0.250. The minimum Gasteiger partial charge on any atom is -0.361 e. The smallest absolute Gasteiger partial charge is 0.334 e. The monoisotopic (exact) mass is 294 g/mol. The van der Waals surface area contributed by atoms with E-state index in [4.69, 9.17) is 0 Å². The molecule has 21 heavy (non-hydrogen) atoms. The Bertz CT molecular complexity index is 534. The lowest BCUT2D eigenvalue weighted by Gasteiger charge is -2.39. The second-order valence-electron chi connectivity index (χ2n) is 7.05. The summed E-state index contributed by atoms with van der Waals surface area (Å²) in [5.74, 6) is 0.579. The molecule has 0 aromatic carbocycles. The van der Waals surface area contributed by atoms with Gasteiger partial charge in [-0.2, -0.15) is 5.10 Å². The Hall–Kier alpha value is -1.59. The molecule has 2 rings (SSSR count). The molecule has 0 amide bonds. The Balaban J connectivity index is 2.37. The molecule has 0 bridgehead atoms. The van der Waals surface area contributed by atoms with E-state index in [-0.39, 0.29) is 28.0 Å². The molecule has 0 spiro atoms. The second kappa shape index (κ2) is 5.66. The highest BCUT2D eigenvalue weighted by molar-refractivity contribution is 5.61. The van der Waals surface area contributed by atoms with Crippen LogP contribution in [0.15, 0.2) is 0 Å². The van der Waals surface area contributed by atoms with E-state index >= 15 is 0 Å². The molecule has 1 atom stereocenters. The SMILES string of the molecule is CC(C)c1nn(C)c(NC2CCCCC2(C)C)c1[N+](=O)[O-]. The molecule has 1 N–H and O–H groups in total. The number of aromatic nitrogens is 2. The van der Waals surface area contributed by atoms with E-state index in [2.05, 4.69) is 24.3 Å². The first-order chi connectivity index (χ1) is 9.74. The number of nitrogens with zero attached hydrogens (tertiary/aromatic N) is 3. The largest absolute Gasteiger partial charge is 0.361 e. The number of aryl methyl sites for hydroxylation is 1. The molecule has 1 fully saturated rings. The fourth-order valence-corrected chi connectivity index (χ4v) is 3.19. The maximum absolute atomic E-state index is 11.5. The molecule has 6 heteroatoms. The van der Waals surface area contributed by atoms with Crippen LogP contribution in [-0.4, -0.2) is 20.7 Å². The number of rotatable bonds is 4. The van der Waals surface area contributed by atoms with Crippen LogP contribution in [0.4, 0.5) is 11.5 Å². The fourth-order valence-electron chi connectivity index (χ4n) is 3.19. The molecule has 1 aromatic rings. The number of nitrogens with one attached hydrogen (secondary N) is 1. The summed E-state index contributed by atoms with van der Waals surface area (Å²) >= 11 is 0.